The maximum absolute atomic E-state index is 13.6. The van der Waals surface area contributed by atoms with Crippen molar-refractivity contribution in [2.24, 2.45) is 7.05 Å². The van der Waals surface area contributed by atoms with Crippen LogP contribution in [0.4, 0.5) is 0 Å². The van der Waals surface area contributed by atoms with Crippen LogP contribution in [0.25, 0.3) is 17.2 Å². The zero-order valence-electron chi connectivity index (χ0n) is 32.3. The molecule has 12 heteroatoms. The number of piperazine rings is 1. The quantitative estimate of drug-likeness (QED) is 0.108. The van der Waals surface area contributed by atoms with Crippen molar-refractivity contribution in [3.05, 3.63) is 103 Å². The lowest BCUT2D eigenvalue weighted by atomic mass is 9.93. The zero-order chi connectivity index (χ0) is 38.9. The maximum Gasteiger partial charge on any atom is 0.264 e. The van der Waals surface area contributed by atoms with Crippen LogP contribution >= 0.6 is 11.3 Å². The third kappa shape index (κ3) is 8.92. The van der Waals surface area contributed by atoms with Gasteiger partial charge in [-0.15, -0.1) is 11.3 Å². The van der Waals surface area contributed by atoms with Crippen LogP contribution in [0.15, 0.2) is 64.5 Å². The Kier molecular flexibility index (Phi) is 13.5. The van der Waals surface area contributed by atoms with Gasteiger partial charge in [-0.25, -0.2) is 4.98 Å². The number of thiazole rings is 1. The Morgan fingerprint density at radius 3 is 2.37 bits per heavy atom. The Balaban J connectivity index is 1.23. The highest BCUT2D eigenvalue weighted by atomic mass is 32.1. The number of nitriles is 1. The van der Waals surface area contributed by atoms with E-state index >= 15 is 0 Å². The van der Waals surface area contributed by atoms with Crippen molar-refractivity contribution in [2.45, 2.75) is 59.0 Å². The van der Waals surface area contributed by atoms with Crippen LogP contribution in [0.3, 0.4) is 0 Å². The van der Waals surface area contributed by atoms with Crippen molar-refractivity contribution in [1.82, 2.24) is 24.3 Å². The Bertz CT molecular complexity index is 2070. The van der Waals surface area contributed by atoms with Gasteiger partial charge in [0.1, 0.15) is 28.1 Å². The molecular formula is C42H50N6O5S. The number of nitrogens with zero attached hydrogens (tertiary/aromatic N) is 6. The van der Waals surface area contributed by atoms with Crippen LogP contribution in [0.5, 0.6) is 11.5 Å². The van der Waals surface area contributed by atoms with E-state index in [0.29, 0.717) is 67.6 Å². The summed E-state index contributed by atoms with van der Waals surface area (Å²) in [6.45, 7) is 9.11. The molecule has 0 aliphatic carbocycles. The summed E-state index contributed by atoms with van der Waals surface area (Å²) < 4.78 is 13.4. The number of methoxy groups -OCH3 is 2. The van der Waals surface area contributed by atoms with E-state index in [1.54, 1.807) is 50.1 Å². The van der Waals surface area contributed by atoms with Gasteiger partial charge in [0.05, 0.1) is 25.8 Å². The molecule has 1 fully saturated rings. The topological polar surface area (TPSA) is 121 Å². The first-order chi connectivity index (χ1) is 26.0. The minimum Gasteiger partial charge on any atom is -0.496 e. The summed E-state index contributed by atoms with van der Waals surface area (Å²) in [5.41, 5.74) is 6.47. The molecule has 0 saturated carbocycles. The lowest BCUT2D eigenvalue weighted by Crippen LogP contribution is -2.48. The van der Waals surface area contributed by atoms with Gasteiger partial charge >= 0.3 is 0 Å². The molecule has 1 aliphatic heterocycles. The summed E-state index contributed by atoms with van der Waals surface area (Å²) in [6, 6.07) is 13.8. The number of pyridine rings is 1. The standard InChI is InChI=1S/C42H50N6O5S/c1-8-11-36(46(5)42(51)32(25-43)24-39-44-16-21-54-39)33-13-10-9-12-30(33)14-15-40(49)48-19-17-47(18-20-48)27-35-37(52-6)22-31(23-38(35)53-7)34-26-45(4)41(50)29(3)28(34)2/h9-10,12-13,16,21-24,26,36H,8,11,14-15,17-20,27H2,1-7H3/b32-24-. The minimum atomic E-state index is -0.351. The highest BCUT2D eigenvalue weighted by molar-refractivity contribution is 7.10. The lowest BCUT2D eigenvalue weighted by molar-refractivity contribution is -0.133. The lowest BCUT2D eigenvalue weighted by Gasteiger charge is -2.35. The minimum absolute atomic E-state index is 0.0149. The molecule has 5 rings (SSSR count). The monoisotopic (exact) mass is 750 g/mol. The molecule has 1 atom stereocenters. The van der Waals surface area contributed by atoms with E-state index in [4.69, 9.17) is 9.47 Å². The number of aryl methyl sites for hydroxylation is 2. The summed E-state index contributed by atoms with van der Waals surface area (Å²) in [5, 5.41) is 12.2. The first kappa shape index (κ1) is 39.9. The largest absolute Gasteiger partial charge is 0.496 e. The van der Waals surface area contributed by atoms with Crippen LogP contribution < -0.4 is 15.0 Å². The van der Waals surface area contributed by atoms with Crippen molar-refractivity contribution in [3.8, 4) is 28.7 Å². The molecule has 0 N–H and O–H groups in total. The Hall–Kier alpha value is -5.25. The molecule has 3 heterocycles. The van der Waals surface area contributed by atoms with Crippen LogP contribution in [0, 0.1) is 25.2 Å². The van der Waals surface area contributed by atoms with Gasteiger partial charge < -0.3 is 23.8 Å². The van der Waals surface area contributed by atoms with Crippen LogP contribution in [-0.2, 0) is 29.6 Å². The number of amides is 2. The molecule has 54 heavy (non-hydrogen) atoms. The van der Waals surface area contributed by atoms with Gasteiger partial charge in [-0.2, -0.15) is 5.26 Å². The average molecular weight is 751 g/mol. The second-order valence-electron chi connectivity index (χ2n) is 13.7. The molecule has 2 aromatic heterocycles. The Labute approximate surface area is 322 Å². The number of carbonyl (C=O) groups is 2. The normalized spacial score (nSPS) is 14.0. The Morgan fingerprint density at radius 2 is 1.76 bits per heavy atom. The molecule has 284 valence electrons. The third-order valence-corrected chi connectivity index (χ3v) is 11.1. The highest BCUT2D eigenvalue weighted by Gasteiger charge is 2.28. The summed E-state index contributed by atoms with van der Waals surface area (Å²) in [7, 11) is 6.81. The second-order valence-corrected chi connectivity index (χ2v) is 14.6. The number of likely N-dealkylation sites (N-methyl/N-ethyl adjacent to an activating group) is 1. The number of benzene rings is 2. The number of carbonyl (C=O) groups excluding carboxylic acids is 2. The van der Waals surface area contributed by atoms with Crippen molar-refractivity contribution >= 4 is 29.2 Å². The van der Waals surface area contributed by atoms with Gasteiger partial charge in [0.15, 0.2) is 0 Å². The molecule has 2 aromatic carbocycles. The Morgan fingerprint density at radius 1 is 1.07 bits per heavy atom. The van der Waals surface area contributed by atoms with Gasteiger partial charge in [0.25, 0.3) is 11.5 Å². The molecule has 1 aliphatic rings. The maximum atomic E-state index is 13.6. The fraction of sp³-hybridized carbons (Fsp3) is 0.405. The van der Waals surface area contributed by atoms with Crippen molar-refractivity contribution < 1.29 is 19.1 Å². The van der Waals surface area contributed by atoms with Crippen LogP contribution in [0.2, 0.25) is 0 Å². The van der Waals surface area contributed by atoms with E-state index in [9.17, 15) is 19.6 Å². The second kappa shape index (κ2) is 18.2. The molecule has 1 saturated heterocycles. The fourth-order valence-electron chi connectivity index (χ4n) is 7.16. The summed E-state index contributed by atoms with van der Waals surface area (Å²) in [4.78, 5) is 49.7. The van der Waals surface area contributed by atoms with Crippen molar-refractivity contribution in [1.29, 1.82) is 5.26 Å². The molecule has 11 nitrogen and oxygen atoms in total. The predicted molar refractivity (Wildman–Crippen MR) is 212 cm³/mol. The summed E-state index contributed by atoms with van der Waals surface area (Å²) in [6.07, 6.45) is 7.50. The number of hydrogen-bond donors (Lipinski definition) is 0. The molecule has 0 spiro atoms. The predicted octanol–water partition coefficient (Wildman–Crippen LogP) is 6.33. The molecule has 0 radical (unpaired) electrons. The van der Waals surface area contributed by atoms with E-state index in [1.165, 1.54) is 11.3 Å². The number of rotatable bonds is 14. The van der Waals surface area contributed by atoms with Crippen LogP contribution in [0.1, 0.15) is 65.1 Å². The first-order valence-electron chi connectivity index (χ1n) is 18.3. The van der Waals surface area contributed by atoms with Gasteiger partial charge in [-0.1, -0.05) is 37.6 Å². The molecule has 2 amide bonds. The molecule has 4 aromatic rings. The van der Waals surface area contributed by atoms with Crippen LogP contribution in [-0.4, -0.2) is 83.5 Å². The average Bonchev–Trinajstić information content (AvgIpc) is 3.72. The van der Waals surface area contributed by atoms with Crippen molar-refractivity contribution in [2.75, 3.05) is 47.4 Å². The smallest absolute Gasteiger partial charge is 0.264 e. The number of hydrogen-bond acceptors (Lipinski definition) is 9. The van der Waals surface area contributed by atoms with Crippen molar-refractivity contribution in [3.63, 3.8) is 0 Å². The summed E-state index contributed by atoms with van der Waals surface area (Å²) >= 11 is 1.37. The van der Waals surface area contributed by atoms with Gasteiger partial charge in [0, 0.05) is 82.1 Å². The fourth-order valence-corrected chi connectivity index (χ4v) is 7.73. The first-order valence-corrected chi connectivity index (χ1v) is 19.2. The highest BCUT2D eigenvalue weighted by Crippen LogP contribution is 2.37. The van der Waals surface area contributed by atoms with E-state index in [-0.39, 0.29) is 29.0 Å². The van der Waals surface area contributed by atoms with E-state index in [2.05, 4.69) is 22.9 Å². The SMILES string of the molecule is CCCC(c1ccccc1CCC(=O)N1CCN(Cc2c(OC)cc(-c3cn(C)c(=O)c(C)c3C)cc2OC)CC1)N(C)C(=O)/C(C#N)=C\c1nccs1. The molecule has 1 unspecified atom stereocenters. The third-order valence-electron chi connectivity index (χ3n) is 10.4. The van der Waals surface area contributed by atoms with E-state index in [1.807, 2.05) is 66.7 Å². The molecular weight excluding hydrogens is 701 g/mol. The van der Waals surface area contributed by atoms with Gasteiger partial charge in [-0.05, 0) is 67.2 Å². The zero-order valence-corrected chi connectivity index (χ0v) is 33.2. The number of ether oxygens (including phenoxy) is 2. The molecule has 0 bridgehead atoms. The van der Waals surface area contributed by atoms with Gasteiger partial charge in [0.2, 0.25) is 5.91 Å². The number of aromatic nitrogens is 2. The van der Waals surface area contributed by atoms with Gasteiger partial charge in [-0.3, -0.25) is 19.3 Å². The summed E-state index contributed by atoms with van der Waals surface area (Å²) in [5.74, 6) is 1.16. The van der Waals surface area contributed by atoms with E-state index in [0.717, 1.165) is 46.2 Å². The van der Waals surface area contributed by atoms with E-state index < -0.39 is 0 Å².